The van der Waals surface area contributed by atoms with Crippen molar-refractivity contribution in [3.63, 3.8) is 0 Å². The predicted octanol–water partition coefficient (Wildman–Crippen LogP) is 1.50. The van der Waals surface area contributed by atoms with Crippen molar-refractivity contribution in [3.05, 3.63) is 35.6 Å². The summed E-state index contributed by atoms with van der Waals surface area (Å²) >= 11 is 0. The van der Waals surface area contributed by atoms with E-state index >= 15 is 0 Å². The van der Waals surface area contributed by atoms with Gasteiger partial charge in [-0.3, -0.25) is 9.59 Å². The number of hydrogen-bond acceptors (Lipinski definition) is 3. The molecule has 1 aromatic rings. The number of amides is 2. The van der Waals surface area contributed by atoms with E-state index in [1.165, 1.54) is 19.1 Å². The quantitative estimate of drug-likeness (QED) is 0.706. The largest absolute Gasteiger partial charge is 0.391 e. The van der Waals surface area contributed by atoms with Gasteiger partial charge in [0.1, 0.15) is 11.9 Å². The number of halogens is 1. The molecule has 0 radical (unpaired) electrons. The van der Waals surface area contributed by atoms with E-state index in [-0.39, 0.29) is 17.6 Å². The molecule has 2 unspecified atom stereocenters. The Hall–Kier alpha value is -1.95. The van der Waals surface area contributed by atoms with E-state index in [9.17, 15) is 19.1 Å². The Morgan fingerprint density at radius 2 is 1.88 bits per heavy atom. The van der Waals surface area contributed by atoms with Crippen molar-refractivity contribution in [2.24, 2.45) is 5.92 Å². The van der Waals surface area contributed by atoms with Crippen molar-refractivity contribution in [3.8, 4) is 0 Å². The first-order valence-corrected chi connectivity index (χ1v) is 8.23. The summed E-state index contributed by atoms with van der Waals surface area (Å²) in [5.74, 6) is -0.951. The van der Waals surface area contributed by atoms with E-state index in [1.807, 2.05) is 13.8 Å². The van der Waals surface area contributed by atoms with Gasteiger partial charge in [0.15, 0.2) is 0 Å². The maximum atomic E-state index is 13.0. The maximum Gasteiger partial charge on any atom is 0.245 e. The first-order valence-electron chi connectivity index (χ1n) is 8.23. The topological polar surface area (TPSA) is 78.4 Å². The molecule has 6 heteroatoms. The highest BCUT2D eigenvalue weighted by Gasteiger charge is 2.34. The van der Waals surface area contributed by atoms with Crippen LogP contribution in [0.25, 0.3) is 0 Å². The zero-order valence-electron chi connectivity index (χ0n) is 14.3. The Labute approximate surface area is 141 Å². The minimum absolute atomic E-state index is 0.0327. The van der Waals surface area contributed by atoms with Gasteiger partial charge in [-0.25, -0.2) is 4.39 Å². The van der Waals surface area contributed by atoms with Gasteiger partial charge < -0.3 is 15.7 Å². The standard InChI is InChI=1S/C18H25FN2O3/c1-11(22)15(21-16(23)12-4-5-12)17(24)20-10-18(2,3)13-6-8-14(19)9-7-13/h6-9,11-12,15,22H,4-5,10H2,1-3H3,(H,20,24)(H,21,23). The van der Waals surface area contributed by atoms with E-state index in [1.54, 1.807) is 12.1 Å². The summed E-state index contributed by atoms with van der Waals surface area (Å²) in [6.45, 7) is 5.64. The molecule has 1 aliphatic carbocycles. The molecule has 5 nitrogen and oxygen atoms in total. The minimum atomic E-state index is -0.985. The Morgan fingerprint density at radius 1 is 1.29 bits per heavy atom. The zero-order chi connectivity index (χ0) is 17.9. The van der Waals surface area contributed by atoms with Gasteiger partial charge in [0.25, 0.3) is 0 Å². The maximum absolute atomic E-state index is 13.0. The van der Waals surface area contributed by atoms with Crippen LogP contribution in [0.4, 0.5) is 4.39 Å². The number of carbonyl (C=O) groups is 2. The van der Waals surface area contributed by atoms with Gasteiger partial charge in [-0.15, -0.1) is 0 Å². The molecule has 1 aliphatic rings. The molecule has 24 heavy (non-hydrogen) atoms. The number of rotatable bonds is 7. The predicted molar refractivity (Wildman–Crippen MR) is 88.8 cm³/mol. The van der Waals surface area contributed by atoms with Gasteiger partial charge in [0.05, 0.1) is 6.10 Å². The van der Waals surface area contributed by atoms with Crippen LogP contribution in [-0.4, -0.2) is 35.6 Å². The fourth-order valence-electron chi connectivity index (χ4n) is 2.44. The molecule has 0 spiro atoms. The van der Waals surface area contributed by atoms with Gasteiger partial charge in [0.2, 0.25) is 11.8 Å². The second-order valence-electron chi connectivity index (χ2n) is 7.11. The van der Waals surface area contributed by atoms with Crippen LogP contribution in [-0.2, 0) is 15.0 Å². The summed E-state index contributed by atoms with van der Waals surface area (Å²) in [5, 5.41) is 15.2. The number of aliphatic hydroxyl groups excluding tert-OH is 1. The van der Waals surface area contributed by atoms with Crippen LogP contribution in [0, 0.1) is 11.7 Å². The Balaban J connectivity index is 1.95. The van der Waals surface area contributed by atoms with Crippen LogP contribution < -0.4 is 10.6 Å². The molecular formula is C18H25FN2O3. The van der Waals surface area contributed by atoms with Gasteiger partial charge in [0, 0.05) is 17.9 Å². The summed E-state index contributed by atoms with van der Waals surface area (Å²) in [7, 11) is 0. The SMILES string of the molecule is CC(O)C(NC(=O)C1CC1)C(=O)NCC(C)(C)c1ccc(F)cc1. The molecule has 0 saturated heterocycles. The molecule has 2 rings (SSSR count). The minimum Gasteiger partial charge on any atom is -0.391 e. The van der Waals surface area contributed by atoms with Crippen LogP contribution in [0.5, 0.6) is 0 Å². The van der Waals surface area contributed by atoms with Crippen LogP contribution in [0.15, 0.2) is 24.3 Å². The normalized spacial score (nSPS) is 17.0. The van der Waals surface area contributed by atoms with Crippen LogP contribution in [0.1, 0.15) is 39.2 Å². The fraction of sp³-hybridized carbons (Fsp3) is 0.556. The number of aliphatic hydroxyl groups is 1. The molecule has 0 heterocycles. The lowest BCUT2D eigenvalue weighted by Crippen LogP contribution is -2.54. The highest BCUT2D eigenvalue weighted by atomic mass is 19.1. The molecule has 132 valence electrons. The molecule has 2 atom stereocenters. The molecular weight excluding hydrogens is 311 g/mol. The molecule has 1 fully saturated rings. The summed E-state index contributed by atoms with van der Waals surface area (Å²) < 4.78 is 13.0. The van der Waals surface area contributed by atoms with Gasteiger partial charge in [-0.1, -0.05) is 26.0 Å². The molecule has 0 aliphatic heterocycles. The highest BCUT2D eigenvalue weighted by Crippen LogP contribution is 2.29. The Bertz CT molecular complexity index is 595. The summed E-state index contributed by atoms with van der Waals surface area (Å²) in [5.41, 5.74) is 0.479. The molecule has 2 amide bonds. The van der Waals surface area contributed by atoms with Gasteiger partial charge >= 0.3 is 0 Å². The zero-order valence-corrected chi connectivity index (χ0v) is 14.3. The summed E-state index contributed by atoms with van der Waals surface area (Å²) in [6, 6.07) is 5.16. The van der Waals surface area contributed by atoms with E-state index in [4.69, 9.17) is 0 Å². The van der Waals surface area contributed by atoms with Crippen molar-refractivity contribution < 1.29 is 19.1 Å². The number of nitrogens with one attached hydrogen (secondary N) is 2. The second kappa shape index (κ2) is 7.30. The van der Waals surface area contributed by atoms with E-state index in [0.29, 0.717) is 6.54 Å². The molecule has 1 aromatic carbocycles. The Kier molecular flexibility index (Phi) is 5.59. The third-order valence-corrected chi connectivity index (χ3v) is 4.34. The summed E-state index contributed by atoms with van der Waals surface area (Å²) in [6.07, 6.45) is 0.677. The summed E-state index contributed by atoms with van der Waals surface area (Å²) in [4.78, 5) is 24.2. The third-order valence-electron chi connectivity index (χ3n) is 4.34. The smallest absolute Gasteiger partial charge is 0.245 e. The first-order chi connectivity index (χ1) is 11.2. The first kappa shape index (κ1) is 18.4. The lowest BCUT2D eigenvalue weighted by Gasteiger charge is -2.28. The van der Waals surface area contributed by atoms with Crippen LogP contribution in [0.3, 0.4) is 0 Å². The van der Waals surface area contributed by atoms with Gasteiger partial charge in [-0.2, -0.15) is 0 Å². The van der Waals surface area contributed by atoms with E-state index in [0.717, 1.165) is 18.4 Å². The van der Waals surface area contributed by atoms with Gasteiger partial charge in [-0.05, 0) is 37.5 Å². The molecule has 1 saturated carbocycles. The molecule has 0 aromatic heterocycles. The average Bonchev–Trinajstić information content (AvgIpc) is 3.35. The second-order valence-corrected chi connectivity index (χ2v) is 7.11. The monoisotopic (exact) mass is 336 g/mol. The van der Waals surface area contributed by atoms with Crippen LogP contribution in [0.2, 0.25) is 0 Å². The van der Waals surface area contributed by atoms with E-state index < -0.39 is 23.5 Å². The van der Waals surface area contributed by atoms with E-state index in [2.05, 4.69) is 10.6 Å². The van der Waals surface area contributed by atoms with Crippen LogP contribution >= 0.6 is 0 Å². The highest BCUT2D eigenvalue weighted by molar-refractivity contribution is 5.89. The number of hydrogen-bond donors (Lipinski definition) is 3. The Morgan fingerprint density at radius 3 is 2.38 bits per heavy atom. The number of benzene rings is 1. The van der Waals surface area contributed by atoms with Crippen molar-refractivity contribution >= 4 is 11.8 Å². The van der Waals surface area contributed by atoms with Crippen molar-refractivity contribution in [2.75, 3.05) is 6.54 Å². The van der Waals surface area contributed by atoms with Crippen molar-refractivity contribution in [1.29, 1.82) is 0 Å². The third kappa shape index (κ3) is 4.77. The van der Waals surface area contributed by atoms with Crippen molar-refractivity contribution in [1.82, 2.24) is 10.6 Å². The molecule has 3 N–H and O–H groups in total. The molecule has 0 bridgehead atoms. The lowest BCUT2D eigenvalue weighted by atomic mass is 9.84. The number of carbonyl (C=O) groups excluding carboxylic acids is 2. The van der Waals surface area contributed by atoms with Crippen molar-refractivity contribution in [2.45, 2.75) is 51.2 Å². The lowest BCUT2D eigenvalue weighted by molar-refractivity contribution is -0.132. The average molecular weight is 336 g/mol. The fourth-order valence-corrected chi connectivity index (χ4v) is 2.44.